The van der Waals surface area contributed by atoms with Gasteiger partial charge in [-0.2, -0.15) is 0 Å². The number of aryl methyl sites for hydroxylation is 1. The third-order valence-corrected chi connectivity index (χ3v) is 4.14. The van der Waals surface area contributed by atoms with E-state index in [-0.39, 0.29) is 30.2 Å². The van der Waals surface area contributed by atoms with E-state index in [1.54, 1.807) is 26.0 Å². The second kappa shape index (κ2) is 6.95. The molecular formula is C19H17FN2O4. The normalized spacial score (nSPS) is 10.9. The highest BCUT2D eigenvalue weighted by Crippen LogP contribution is 2.26. The third-order valence-electron chi connectivity index (χ3n) is 4.14. The van der Waals surface area contributed by atoms with Gasteiger partial charge in [-0.15, -0.1) is 0 Å². The van der Waals surface area contributed by atoms with Gasteiger partial charge in [-0.3, -0.25) is 4.79 Å². The molecule has 0 saturated carbocycles. The number of hydrogen-bond donors (Lipinski definition) is 1. The van der Waals surface area contributed by atoms with E-state index in [2.05, 4.69) is 4.98 Å². The first-order chi connectivity index (χ1) is 12.4. The standard InChI is InChI=1S/C19H17FN2O4/c1-3-16(23)25-12-4-5-13-10(2)14(19(24)26-15(13)9-12)8-11-6-7-22-18(21)17(11)20/h4-7,9H,3,8H2,1-2H3,(H2,21,22). The van der Waals surface area contributed by atoms with Crippen molar-refractivity contribution in [2.24, 2.45) is 0 Å². The van der Waals surface area contributed by atoms with Crippen molar-refractivity contribution in [2.45, 2.75) is 26.7 Å². The number of ether oxygens (including phenoxy) is 1. The number of esters is 1. The quantitative estimate of drug-likeness (QED) is 0.438. The molecule has 3 aromatic rings. The lowest BCUT2D eigenvalue weighted by Crippen LogP contribution is -2.12. The van der Waals surface area contributed by atoms with E-state index in [4.69, 9.17) is 14.9 Å². The molecule has 2 N–H and O–H groups in total. The molecular weight excluding hydrogens is 339 g/mol. The summed E-state index contributed by atoms with van der Waals surface area (Å²) in [5.41, 5.74) is 6.46. The second-order valence-electron chi connectivity index (χ2n) is 5.82. The van der Waals surface area contributed by atoms with E-state index in [0.29, 0.717) is 27.8 Å². The average Bonchev–Trinajstić information content (AvgIpc) is 2.61. The Morgan fingerprint density at radius 1 is 1.35 bits per heavy atom. The molecule has 0 aliphatic rings. The van der Waals surface area contributed by atoms with Crippen LogP contribution in [0.5, 0.6) is 5.75 Å². The maximum atomic E-state index is 14.1. The fraction of sp³-hybridized carbons (Fsp3) is 0.211. The highest BCUT2D eigenvalue weighted by Gasteiger charge is 2.16. The molecule has 0 amide bonds. The Morgan fingerprint density at radius 2 is 2.12 bits per heavy atom. The summed E-state index contributed by atoms with van der Waals surface area (Å²) in [6.07, 6.45) is 1.66. The van der Waals surface area contributed by atoms with Crippen LogP contribution in [0.15, 0.2) is 39.7 Å². The van der Waals surface area contributed by atoms with Gasteiger partial charge in [0.15, 0.2) is 11.6 Å². The molecule has 0 radical (unpaired) electrons. The molecule has 0 atom stereocenters. The Balaban J connectivity index is 2.05. The van der Waals surface area contributed by atoms with Crippen LogP contribution in [0, 0.1) is 12.7 Å². The van der Waals surface area contributed by atoms with Crippen LogP contribution < -0.4 is 16.1 Å². The van der Waals surface area contributed by atoms with Crippen molar-refractivity contribution in [3.8, 4) is 5.75 Å². The summed E-state index contributed by atoms with van der Waals surface area (Å²) in [7, 11) is 0. The SMILES string of the molecule is CCC(=O)Oc1ccc2c(C)c(Cc3ccnc(N)c3F)c(=O)oc2c1. The van der Waals surface area contributed by atoms with Gasteiger partial charge < -0.3 is 14.9 Å². The van der Waals surface area contributed by atoms with E-state index in [1.807, 2.05) is 0 Å². The van der Waals surface area contributed by atoms with Crippen molar-refractivity contribution in [3.05, 3.63) is 63.4 Å². The highest BCUT2D eigenvalue weighted by molar-refractivity contribution is 5.83. The summed E-state index contributed by atoms with van der Waals surface area (Å²) >= 11 is 0. The Morgan fingerprint density at radius 3 is 2.85 bits per heavy atom. The van der Waals surface area contributed by atoms with E-state index >= 15 is 0 Å². The molecule has 0 bridgehead atoms. The number of carbonyl (C=O) groups excluding carboxylic acids is 1. The summed E-state index contributed by atoms with van der Waals surface area (Å²) in [6.45, 7) is 3.44. The van der Waals surface area contributed by atoms with Gasteiger partial charge in [0.05, 0.1) is 0 Å². The summed E-state index contributed by atoms with van der Waals surface area (Å²) < 4.78 is 24.6. The Labute approximate surface area is 148 Å². The van der Waals surface area contributed by atoms with Crippen LogP contribution >= 0.6 is 0 Å². The number of aromatic nitrogens is 1. The lowest BCUT2D eigenvalue weighted by Gasteiger charge is -2.10. The molecule has 7 heteroatoms. The predicted octanol–water partition coefficient (Wildman–Crippen LogP) is 3.12. The minimum absolute atomic E-state index is 0.0369. The molecule has 1 aromatic carbocycles. The minimum atomic E-state index is -0.645. The number of halogens is 1. The number of anilines is 1. The van der Waals surface area contributed by atoms with Crippen molar-refractivity contribution in [3.63, 3.8) is 0 Å². The van der Waals surface area contributed by atoms with Crippen LogP contribution in [0.4, 0.5) is 10.2 Å². The van der Waals surface area contributed by atoms with Gasteiger partial charge in [-0.1, -0.05) is 6.92 Å². The number of nitrogen functional groups attached to an aromatic ring is 1. The zero-order chi connectivity index (χ0) is 18.8. The van der Waals surface area contributed by atoms with Crippen LogP contribution in [0.1, 0.15) is 30.0 Å². The van der Waals surface area contributed by atoms with Crippen LogP contribution in [0.2, 0.25) is 0 Å². The minimum Gasteiger partial charge on any atom is -0.426 e. The van der Waals surface area contributed by atoms with Crippen molar-refractivity contribution in [1.29, 1.82) is 0 Å². The van der Waals surface area contributed by atoms with Crippen molar-refractivity contribution in [2.75, 3.05) is 5.73 Å². The number of carbonyl (C=O) groups is 1. The first kappa shape index (κ1) is 17.6. The monoisotopic (exact) mass is 356 g/mol. The first-order valence-corrected chi connectivity index (χ1v) is 8.06. The van der Waals surface area contributed by atoms with Crippen LogP contribution in [0.25, 0.3) is 11.0 Å². The van der Waals surface area contributed by atoms with Crippen LogP contribution in [0.3, 0.4) is 0 Å². The fourth-order valence-electron chi connectivity index (χ4n) is 2.67. The largest absolute Gasteiger partial charge is 0.426 e. The number of nitrogens with zero attached hydrogens (tertiary/aromatic N) is 1. The van der Waals surface area contributed by atoms with E-state index in [0.717, 1.165) is 0 Å². The summed E-state index contributed by atoms with van der Waals surface area (Å²) in [4.78, 5) is 27.5. The second-order valence-corrected chi connectivity index (χ2v) is 5.82. The molecule has 3 rings (SSSR count). The highest BCUT2D eigenvalue weighted by atomic mass is 19.1. The molecule has 26 heavy (non-hydrogen) atoms. The molecule has 0 fully saturated rings. The molecule has 0 aliphatic heterocycles. The number of pyridine rings is 1. The molecule has 2 heterocycles. The van der Waals surface area contributed by atoms with Gasteiger partial charge in [0.1, 0.15) is 11.3 Å². The lowest BCUT2D eigenvalue weighted by atomic mass is 10.00. The third kappa shape index (κ3) is 3.28. The topological polar surface area (TPSA) is 95.4 Å². The Bertz CT molecular complexity index is 1060. The zero-order valence-corrected chi connectivity index (χ0v) is 14.3. The van der Waals surface area contributed by atoms with Gasteiger partial charge in [0.25, 0.3) is 0 Å². The summed E-state index contributed by atoms with van der Waals surface area (Å²) in [5.74, 6) is -0.945. The fourth-order valence-corrected chi connectivity index (χ4v) is 2.67. The van der Waals surface area contributed by atoms with E-state index in [9.17, 15) is 14.0 Å². The van der Waals surface area contributed by atoms with Gasteiger partial charge in [-0.05, 0) is 36.2 Å². The number of hydrogen-bond acceptors (Lipinski definition) is 6. The van der Waals surface area contributed by atoms with Gasteiger partial charge in [-0.25, -0.2) is 14.2 Å². The van der Waals surface area contributed by atoms with Crippen molar-refractivity contribution in [1.82, 2.24) is 4.98 Å². The average molecular weight is 356 g/mol. The van der Waals surface area contributed by atoms with Gasteiger partial charge in [0.2, 0.25) is 0 Å². The van der Waals surface area contributed by atoms with Crippen LogP contribution in [-0.2, 0) is 11.2 Å². The maximum absolute atomic E-state index is 14.1. The summed E-state index contributed by atoms with van der Waals surface area (Å²) in [6, 6.07) is 6.29. The summed E-state index contributed by atoms with van der Waals surface area (Å²) in [5, 5.41) is 0.679. The molecule has 2 aromatic heterocycles. The van der Waals surface area contributed by atoms with E-state index < -0.39 is 11.4 Å². The molecule has 0 aliphatic carbocycles. The van der Waals surface area contributed by atoms with Gasteiger partial charge in [0, 0.05) is 36.1 Å². The van der Waals surface area contributed by atoms with Crippen molar-refractivity contribution >= 4 is 22.8 Å². The predicted molar refractivity (Wildman–Crippen MR) is 94.6 cm³/mol. The molecule has 0 spiro atoms. The molecule has 6 nitrogen and oxygen atoms in total. The lowest BCUT2D eigenvalue weighted by molar-refractivity contribution is -0.134. The molecule has 0 saturated heterocycles. The molecule has 134 valence electrons. The first-order valence-electron chi connectivity index (χ1n) is 8.06. The van der Waals surface area contributed by atoms with E-state index in [1.165, 1.54) is 18.3 Å². The maximum Gasteiger partial charge on any atom is 0.340 e. The number of nitrogens with two attached hydrogens (primary N) is 1. The Hall–Kier alpha value is -3.22. The molecule has 0 unspecified atom stereocenters. The van der Waals surface area contributed by atoms with Gasteiger partial charge >= 0.3 is 11.6 Å². The number of fused-ring (bicyclic) bond motifs is 1. The van der Waals surface area contributed by atoms with Crippen molar-refractivity contribution < 1.29 is 18.3 Å². The smallest absolute Gasteiger partial charge is 0.340 e. The van der Waals surface area contributed by atoms with Crippen LogP contribution in [-0.4, -0.2) is 11.0 Å². The number of benzene rings is 1. The number of rotatable bonds is 4. The zero-order valence-electron chi connectivity index (χ0n) is 14.3. The Kier molecular flexibility index (Phi) is 4.71.